The van der Waals surface area contributed by atoms with Crippen LogP contribution in [0.5, 0.6) is 0 Å². The van der Waals surface area contributed by atoms with E-state index in [4.69, 9.17) is 17.3 Å². The smallest absolute Gasteiger partial charge is 0.253 e. The Bertz CT molecular complexity index is 345. The third kappa shape index (κ3) is 3.13. The molecule has 0 unspecified atom stereocenters. The molecule has 3 nitrogen and oxygen atoms in total. The van der Waals surface area contributed by atoms with E-state index in [1.54, 1.807) is 30.1 Å². The Kier molecular flexibility index (Phi) is 3.97. The fourth-order valence-corrected chi connectivity index (χ4v) is 1.64. The number of carbonyl (C=O) groups is 1. The standard InChI is InChI=1S/C11H15ClN2O/c1-3-4-14(2)11(15)8-5-9(12)7-10(13)6-8/h5-7H,3-4,13H2,1-2H3. The molecule has 0 aromatic heterocycles. The number of anilines is 1. The molecule has 0 aliphatic heterocycles. The van der Waals surface area contributed by atoms with E-state index >= 15 is 0 Å². The van der Waals surface area contributed by atoms with E-state index in [9.17, 15) is 4.79 Å². The summed E-state index contributed by atoms with van der Waals surface area (Å²) in [5.41, 5.74) is 6.66. The average molecular weight is 227 g/mol. The van der Waals surface area contributed by atoms with Crippen LogP contribution in [0.15, 0.2) is 18.2 Å². The summed E-state index contributed by atoms with van der Waals surface area (Å²) in [6.45, 7) is 2.75. The average Bonchev–Trinajstić information content (AvgIpc) is 2.15. The van der Waals surface area contributed by atoms with E-state index < -0.39 is 0 Å². The lowest BCUT2D eigenvalue weighted by molar-refractivity contribution is 0.0795. The molecular weight excluding hydrogens is 212 g/mol. The van der Waals surface area contributed by atoms with Gasteiger partial charge in [0.15, 0.2) is 0 Å². The van der Waals surface area contributed by atoms with Gasteiger partial charge in [-0.15, -0.1) is 0 Å². The normalized spacial score (nSPS) is 10.1. The highest BCUT2D eigenvalue weighted by Crippen LogP contribution is 2.17. The molecule has 0 heterocycles. The van der Waals surface area contributed by atoms with Crippen molar-refractivity contribution in [2.45, 2.75) is 13.3 Å². The van der Waals surface area contributed by atoms with Crippen molar-refractivity contribution in [1.29, 1.82) is 0 Å². The summed E-state index contributed by atoms with van der Waals surface area (Å²) < 4.78 is 0. The van der Waals surface area contributed by atoms with Gasteiger partial charge >= 0.3 is 0 Å². The quantitative estimate of drug-likeness (QED) is 0.805. The predicted octanol–water partition coefficient (Wildman–Crippen LogP) is 2.40. The Morgan fingerprint density at radius 2 is 2.13 bits per heavy atom. The van der Waals surface area contributed by atoms with Gasteiger partial charge in [0.1, 0.15) is 0 Å². The van der Waals surface area contributed by atoms with Crippen molar-refractivity contribution in [2.75, 3.05) is 19.3 Å². The minimum atomic E-state index is -0.0500. The number of rotatable bonds is 3. The number of nitrogen functional groups attached to an aromatic ring is 1. The monoisotopic (exact) mass is 226 g/mol. The predicted molar refractivity (Wildman–Crippen MR) is 63.1 cm³/mol. The highest BCUT2D eigenvalue weighted by atomic mass is 35.5. The second-order valence-corrected chi connectivity index (χ2v) is 3.94. The first kappa shape index (κ1) is 11.9. The van der Waals surface area contributed by atoms with Crippen molar-refractivity contribution in [3.05, 3.63) is 28.8 Å². The molecule has 4 heteroatoms. The molecule has 1 aromatic carbocycles. The summed E-state index contributed by atoms with van der Waals surface area (Å²) in [4.78, 5) is 13.5. The molecule has 2 N–H and O–H groups in total. The number of hydrogen-bond acceptors (Lipinski definition) is 2. The van der Waals surface area contributed by atoms with Gasteiger partial charge in [-0.25, -0.2) is 0 Å². The first-order chi connectivity index (χ1) is 7.04. The van der Waals surface area contributed by atoms with Gasteiger partial charge in [-0.3, -0.25) is 4.79 Å². The van der Waals surface area contributed by atoms with Gasteiger partial charge < -0.3 is 10.6 Å². The third-order valence-corrected chi connectivity index (χ3v) is 2.29. The van der Waals surface area contributed by atoms with Gasteiger partial charge in [-0.1, -0.05) is 18.5 Å². The van der Waals surface area contributed by atoms with Gasteiger partial charge in [0.25, 0.3) is 5.91 Å². The number of hydrogen-bond donors (Lipinski definition) is 1. The van der Waals surface area contributed by atoms with Crippen LogP contribution in [0.2, 0.25) is 5.02 Å². The highest BCUT2D eigenvalue weighted by Gasteiger charge is 2.11. The minimum absolute atomic E-state index is 0.0500. The van der Waals surface area contributed by atoms with E-state index in [0.29, 0.717) is 16.3 Å². The minimum Gasteiger partial charge on any atom is -0.399 e. The molecule has 1 amide bonds. The fraction of sp³-hybridized carbons (Fsp3) is 0.364. The lowest BCUT2D eigenvalue weighted by Gasteiger charge is -2.16. The number of nitrogens with zero attached hydrogens (tertiary/aromatic N) is 1. The van der Waals surface area contributed by atoms with Crippen molar-refractivity contribution >= 4 is 23.2 Å². The first-order valence-corrected chi connectivity index (χ1v) is 5.24. The summed E-state index contributed by atoms with van der Waals surface area (Å²) in [5, 5.41) is 0.489. The molecule has 1 rings (SSSR count). The molecule has 82 valence electrons. The topological polar surface area (TPSA) is 46.3 Å². The molecular formula is C11H15ClN2O. The number of carbonyl (C=O) groups excluding carboxylic acids is 1. The van der Waals surface area contributed by atoms with Crippen LogP contribution in [0, 0.1) is 0 Å². The van der Waals surface area contributed by atoms with Gasteiger partial charge in [0.05, 0.1) is 0 Å². The molecule has 0 atom stereocenters. The Morgan fingerprint density at radius 3 is 2.67 bits per heavy atom. The molecule has 0 saturated heterocycles. The number of nitrogens with two attached hydrogens (primary N) is 1. The zero-order valence-corrected chi connectivity index (χ0v) is 9.71. The number of halogens is 1. The largest absolute Gasteiger partial charge is 0.399 e. The second-order valence-electron chi connectivity index (χ2n) is 3.50. The Labute approximate surface area is 94.8 Å². The van der Waals surface area contributed by atoms with Crippen LogP contribution in [0.1, 0.15) is 23.7 Å². The van der Waals surface area contributed by atoms with Crippen molar-refractivity contribution in [3.8, 4) is 0 Å². The lowest BCUT2D eigenvalue weighted by atomic mass is 10.2. The molecule has 0 bridgehead atoms. The Balaban J connectivity index is 2.90. The maximum Gasteiger partial charge on any atom is 0.253 e. The molecule has 0 aliphatic rings. The van der Waals surface area contributed by atoms with Crippen LogP contribution in [-0.2, 0) is 0 Å². The van der Waals surface area contributed by atoms with Crippen LogP contribution in [0.4, 0.5) is 5.69 Å². The van der Waals surface area contributed by atoms with Gasteiger partial charge in [0.2, 0.25) is 0 Å². The number of amides is 1. The molecule has 0 aliphatic carbocycles. The van der Waals surface area contributed by atoms with Crippen LogP contribution in [-0.4, -0.2) is 24.4 Å². The van der Waals surface area contributed by atoms with E-state index in [0.717, 1.165) is 13.0 Å². The van der Waals surface area contributed by atoms with E-state index in [1.807, 2.05) is 6.92 Å². The molecule has 0 saturated carbocycles. The highest BCUT2D eigenvalue weighted by molar-refractivity contribution is 6.31. The summed E-state index contributed by atoms with van der Waals surface area (Å²) in [5.74, 6) is -0.0500. The van der Waals surface area contributed by atoms with E-state index in [-0.39, 0.29) is 5.91 Å². The number of benzene rings is 1. The third-order valence-electron chi connectivity index (χ3n) is 2.07. The SMILES string of the molecule is CCCN(C)C(=O)c1cc(N)cc(Cl)c1. The zero-order chi connectivity index (χ0) is 11.4. The molecule has 15 heavy (non-hydrogen) atoms. The van der Waals surface area contributed by atoms with Crippen LogP contribution >= 0.6 is 11.6 Å². The summed E-state index contributed by atoms with van der Waals surface area (Å²) in [6, 6.07) is 4.89. The Hall–Kier alpha value is -1.22. The fourth-order valence-electron chi connectivity index (χ4n) is 1.39. The summed E-state index contributed by atoms with van der Waals surface area (Å²) in [7, 11) is 1.77. The zero-order valence-electron chi connectivity index (χ0n) is 8.96. The molecule has 0 fully saturated rings. The molecule has 0 spiro atoms. The van der Waals surface area contributed by atoms with Crippen molar-refractivity contribution in [2.24, 2.45) is 0 Å². The Morgan fingerprint density at radius 1 is 1.47 bits per heavy atom. The maximum absolute atomic E-state index is 11.9. The van der Waals surface area contributed by atoms with Crippen molar-refractivity contribution < 1.29 is 4.79 Å². The van der Waals surface area contributed by atoms with E-state index in [1.165, 1.54) is 0 Å². The van der Waals surface area contributed by atoms with Gasteiger partial charge in [-0.05, 0) is 24.6 Å². The van der Waals surface area contributed by atoms with Crippen LogP contribution < -0.4 is 5.73 Å². The summed E-state index contributed by atoms with van der Waals surface area (Å²) in [6.07, 6.45) is 0.929. The van der Waals surface area contributed by atoms with Crippen molar-refractivity contribution in [3.63, 3.8) is 0 Å². The lowest BCUT2D eigenvalue weighted by Crippen LogP contribution is -2.27. The van der Waals surface area contributed by atoms with E-state index in [2.05, 4.69) is 0 Å². The van der Waals surface area contributed by atoms with Crippen molar-refractivity contribution in [1.82, 2.24) is 4.90 Å². The van der Waals surface area contributed by atoms with Crippen LogP contribution in [0.3, 0.4) is 0 Å². The van der Waals surface area contributed by atoms with Gasteiger partial charge in [0, 0.05) is 29.9 Å². The van der Waals surface area contributed by atoms with Crippen LogP contribution in [0.25, 0.3) is 0 Å². The molecule has 1 aromatic rings. The second kappa shape index (κ2) is 5.03. The maximum atomic E-state index is 11.9. The first-order valence-electron chi connectivity index (χ1n) is 4.86. The molecule has 0 radical (unpaired) electrons. The summed E-state index contributed by atoms with van der Waals surface area (Å²) >= 11 is 5.83. The van der Waals surface area contributed by atoms with Gasteiger partial charge in [-0.2, -0.15) is 0 Å².